The lowest BCUT2D eigenvalue weighted by Gasteiger charge is -2.20. The molecular formula is C9H20N2O. The first kappa shape index (κ1) is 11.4. The van der Waals surface area contributed by atoms with Gasteiger partial charge in [0.1, 0.15) is 0 Å². The van der Waals surface area contributed by atoms with Crippen LogP contribution >= 0.6 is 0 Å². The molecule has 12 heavy (non-hydrogen) atoms. The highest BCUT2D eigenvalue weighted by Crippen LogP contribution is 2.07. The fourth-order valence-corrected chi connectivity index (χ4v) is 0.692. The summed E-state index contributed by atoms with van der Waals surface area (Å²) in [6.45, 7) is 6.71. The average molecular weight is 172 g/mol. The normalized spacial score (nSPS) is 13.5. The van der Waals surface area contributed by atoms with Crippen molar-refractivity contribution in [1.82, 2.24) is 0 Å². The van der Waals surface area contributed by atoms with Gasteiger partial charge in [0.2, 0.25) is 0 Å². The van der Waals surface area contributed by atoms with Crippen LogP contribution in [0.4, 0.5) is 0 Å². The summed E-state index contributed by atoms with van der Waals surface area (Å²) in [6, 6.07) is 0. The van der Waals surface area contributed by atoms with Crippen molar-refractivity contribution in [3.8, 4) is 0 Å². The van der Waals surface area contributed by atoms with Crippen molar-refractivity contribution >= 4 is 5.84 Å². The molecule has 0 aromatic heterocycles. The summed E-state index contributed by atoms with van der Waals surface area (Å²) in [7, 11) is 1.69. The van der Waals surface area contributed by atoms with Crippen molar-refractivity contribution in [3.05, 3.63) is 0 Å². The van der Waals surface area contributed by atoms with E-state index in [2.05, 4.69) is 11.9 Å². The Kier molecular flexibility index (Phi) is 4.90. The molecule has 0 atom stereocenters. The van der Waals surface area contributed by atoms with Gasteiger partial charge in [0.15, 0.2) is 0 Å². The first-order chi connectivity index (χ1) is 5.52. The molecule has 3 nitrogen and oxygen atoms in total. The number of aliphatic imine (C=N–C) groups is 1. The molecule has 0 heterocycles. The molecule has 0 aromatic rings. The van der Waals surface area contributed by atoms with Gasteiger partial charge in [0.05, 0.1) is 18.0 Å². The van der Waals surface area contributed by atoms with Crippen LogP contribution in [0.5, 0.6) is 0 Å². The minimum Gasteiger partial charge on any atom is -0.387 e. The van der Waals surface area contributed by atoms with E-state index in [9.17, 15) is 0 Å². The highest BCUT2D eigenvalue weighted by atomic mass is 16.5. The van der Waals surface area contributed by atoms with Crippen molar-refractivity contribution in [2.24, 2.45) is 10.7 Å². The number of hydrogen-bond donors (Lipinski definition) is 1. The van der Waals surface area contributed by atoms with Gasteiger partial charge >= 0.3 is 0 Å². The maximum atomic E-state index is 5.64. The van der Waals surface area contributed by atoms with E-state index in [1.165, 1.54) is 0 Å². The van der Waals surface area contributed by atoms with Crippen molar-refractivity contribution in [1.29, 1.82) is 0 Å². The largest absolute Gasteiger partial charge is 0.387 e. The van der Waals surface area contributed by atoms with Crippen LogP contribution in [0.1, 0.15) is 33.6 Å². The minimum atomic E-state index is -0.196. The quantitative estimate of drug-likeness (QED) is 0.505. The monoisotopic (exact) mass is 172 g/mol. The van der Waals surface area contributed by atoms with Gasteiger partial charge in [-0.05, 0) is 20.3 Å². The Morgan fingerprint density at radius 3 is 2.50 bits per heavy atom. The number of ether oxygens (including phenoxy) is 1. The highest BCUT2D eigenvalue weighted by Gasteiger charge is 2.14. The Morgan fingerprint density at radius 1 is 1.50 bits per heavy atom. The molecule has 0 aliphatic rings. The van der Waals surface area contributed by atoms with Crippen LogP contribution in [-0.2, 0) is 4.74 Å². The molecule has 0 saturated carbocycles. The van der Waals surface area contributed by atoms with Crippen LogP contribution in [0, 0.1) is 0 Å². The molecule has 0 spiro atoms. The SMILES string of the molecule is CCCC(N)=NCC(C)(C)OC. The van der Waals surface area contributed by atoms with Crippen LogP contribution in [-0.4, -0.2) is 25.1 Å². The third-order valence-corrected chi connectivity index (χ3v) is 1.72. The van der Waals surface area contributed by atoms with Crippen molar-refractivity contribution in [2.45, 2.75) is 39.2 Å². The number of rotatable bonds is 5. The molecule has 0 rings (SSSR count). The summed E-state index contributed by atoms with van der Waals surface area (Å²) in [5.74, 6) is 0.725. The predicted molar refractivity (Wildman–Crippen MR) is 52.5 cm³/mol. The lowest BCUT2D eigenvalue weighted by molar-refractivity contribution is 0.0311. The topological polar surface area (TPSA) is 47.6 Å². The van der Waals surface area contributed by atoms with Crippen LogP contribution in [0.25, 0.3) is 0 Å². The third-order valence-electron chi connectivity index (χ3n) is 1.72. The summed E-state index contributed by atoms with van der Waals surface area (Å²) in [4.78, 5) is 4.23. The van der Waals surface area contributed by atoms with Gasteiger partial charge < -0.3 is 10.5 Å². The number of methoxy groups -OCH3 is 1. The third kappa shape index (κ3) is 5.13. The number of nitrogens with two attached hydrogens (primary N) is 1. The Bertz CT molecular complexity index is 153. The van der Waals surface area contributed by atoms with Gasteiger partial charge in [-0.3, -0.25) is 4.99 Å². The second kappa shape index (κ2) is 5.14. The second-order valence-electron chi connectivity index (χ2n) is 3.52. The maximum absolute atomic E-state index is 5.64. The van der Waals surface area contributed by atoms with Gasteiger partial charge in [-0.2, -0.15) is 0 Å². The molecule has 0 saturated heterocycles. The van der Waals surface area contributed by atoms with E-state index in [4.69, 9.17) is 10.5 Å². The van der Waals surface area contributed by atoms with Crippen molar-refractivity contribution < 1.29 is 4.74 Å². The van der Waals surface area contributed by atoms with E-state index in [1.807, 2.05) is 13.8 Å². The smallest absolute Gasteiger partial charge is 0.0938 e. The van der Waals surface area contributed by atoms with Gasteiger partial charge in [0, 0.05) is 13.5 Å². The minimum absolute atomic E-state index is 0.196. The van der Waals surface area contributed by atoms with Gasteiger partial charge in [-0.15, -0.1) is 0 Å². The van der Waals surface area contributed by atoms with E-state index in [0.717, 1.165) is 18.7 Å². The van der Waals surface area contributed by atoms with Gasteiger partial charge in [0.25, 0.3) is 0 Å². The molecule has 0 fully saturated rings. The number of hydrogen-bond acceptors (Lipinski definition) is 2. The molecule has 72 valence electrons. The first-order valence-corrected chi connectivity index (χ1v) is 4.36. The Hall–Kier alpha value is -0.570. The molecule has 0 aliphatic heterocycles. The summed E-state index contributed by atoms with van der Waals surface area (Å²) >= 11 is 0. The van der Waals surface area contributed by atoms with Crippen LogP contribution in [0.3, 0.4) is 0 Å². The second-order valence-corrected chi connectivity index (χ2v) is 3.52. The molecule has 0 bridgehead atoms. The van der Waals surface area contributed by atoms with E-state index >= 15 is 0 Å². The zero-order valence-electron chi connectivity index (χ0n) is 8.55. The lowest BCUT2D eigenvalue weighted by atomic mass is 10.1. The molecule has 0 aromatic carbocycles. The van der Waals surface area contributed by atoms with E-state index in [1.54, 1.807) is 7.11 Å². The number of amidine groups is 1. The molecule has 2 N–H and O–H groups in total. The van der Waals surface area contributed by atoms with Crippen LogP contribution in [0.15, 0.2) is 4.99 Å². The standard InChI is InChI=1S/C9H20N2O/c1-5-6-8(10)11-7-9(2,3)12-4/h5-7H2,1-4H3,(H2,10,11). The van der Waals surface area contributed by atoms with Crippen molar-refractivity contribution in [2.75, 3.05) is 13.7 Å². The first-order valence-electron chi connectivity index (χ1n) is 4.36. The summed E-state index contributed by atoms with van der Waals surface area (Å²) < 4.78 is 5.20. The van der Waals surface area contributed by atoms with E-state index < -0.39 is 0 Å². The lowest BCUT2D eigenvalue weighted by Crippen LogP contribution is -2.28. The Labute approximate surface area is 75.0 Å². The highest BCUT2D eigenvalue weighted by molar-refractivity contribution is 5.80. The molecule has 0 aliphatic carbocycles. The molecular weight excluding hydrogens is 152 g/mol. The summed E-state index contributed by atoms with van der Waals surface area (Å²) in [5, 5.41) is 0. The van der Waals surface area contributed by atoms with Gasteiger partial charge in [-0.1, -0.05) is 6.92 Å². The van der Waals surface area contributed by atoms with E-state index in [0.29, 0.717) is 6.54 Å². The van der Waals surface area contributed by atoms with Gasteiger partial charge in [-0.25, -0.2) is 0 Å². The fourth-order valence-electron chi connectivity index (χ4n) is 0.692. The molecule has 0 unspecified atom stereocenters. The Morgan fingerprint density at radius 2 is 2.08 bits per heavy atom. The van der Waals surface area contributed by atoms with Crippen LogP contribution < -0.4 is 5.73 Å². The average Bonchev–Trinajstić information content (AvgIpc) is 2.02. The summed E-state index contributed by atoms with van der Waals surface area (Å²) in [6.07, 6.45) is 1.92. The van der Waals surface area contributed by atoms with Crippen molar-refractivity contribution in [3.63, 3.8) is 0 Å². The molecule has 0 radical (unpaired) electrons. The number of nitrogens with zero attached hydrogens (tertiary/aromatic N) is 1. The summed E-state index contributed by atoms with van der Waals surface area (Å²) in [5.41, 5.74) is 5.44. The zero-order chi connectivity index (χ0) is 9.61. The molecule has 3 heteroatoms. The Balaban J connectivity index is 3.86. The fraction of sp³-hybridized carbons (Fsp3) is 0.889. The van der Waals surface area contributed by atoms with E-state index in [-0.39, 0.29) is 5.60 Å². The maximum Gasteiger partial charge on any atom is 0.0938 e. The zero-order valence-corrected chi connectivity index (χ0v) is 8.55. The predicted octanol–water partition coefficient (Wildman–Crippen LogP) is 1.57. The molecule has 0 amide bonds. The van der Waals surface area contributed by atoms with Crippen LogP contribution in [0.2, 0.25) is 0 Å².